The average Bonchev–Trinajstić information content (AvgIpc) is 1.94. The van der Waals surface area contributed by atoms with Crippen molar-refractivity contribution in [2.24, 2.45) is 11.3 Å². The van der Waals surface area contributed by atoms with E-state index in [-0.39, 0.29) is 11.3 Å². The first-order valence-corrected chi connectivity index (χ1v) is 5.31. The fourth-order valence-corrected chi connectivity index (χ4v) is 1.99. The van der Waals surface area contributed by atoms with Gasteiger partial charge in [-0.15, -0.1) is 0 Å². The van der Waals surface area contributed by atoms with Crippen molar-refractivity contribution in [1.82, 2.24) is 4.90 Å². The van der Waals surface area contributed by atoms with Gasteiger partial charge in [-0.25, -0.2) is 0 Å². The van der Waals surface area contributed by atoms with E-state index in [2.05, 4.69) is 33.8 Å². The van der Waals surface area contributed by atoms with Crippen LogP contribution in [0.5, 0.6) is 0 Å². The molecule has 14 heavy (non-hydrogen) atoms. The number of carbonyl (C=O) groups excluding carboxylic acids is 1. The maximum Gasteiger partial charge on any atom is 0.227 e. The Balaban J connectivity index is 2.83. The Morgan fingerprint density at radius 1 is 1.50 bits per heavy atom. The van der Waals surface area contributed by atoms with Gasteiger partial charge in [0.25, 0.3) is 0 Å². The van der Waals surface area contributed by atoms with Gasteiger partial charge in [-0.1, -0.05) is 33.8 Å². The van der Waals surface area contributed by atoms with Crippen molar-refractivity contribution in [2.75, 3.05) is 6.54 Å². The zero-order valence-electron chi connectivity index (χ0n) is 9.92. The van der Waals surface area contributed by atoms with E-state index in [4.69, 9.17) is 0 Å². The summed E-state index contributed by atoms with van der Waals surface area (Å²) in [5.41, 5.74) is 1.15. The number of rotatable bonds is 2. The number of hydrogen-bond acceptors (Lipinski definition) is 1. The fraction of sp³-hybridized carbons (Fsp3) is 0.750. The lowest BCUT2D eigenvalue weighted by molar-refractivity contribution is -0.132. The van der Waals surface area contributed by atoms with Crippen LogP contribution < -0.4 is 0 Å². The van der Waals surface area contributed by atoms with Crippen molar-refractivity contribution in [2.45, 2.75) is 41.0 Å². The lowest BCUT2D eigenvalue weighted by Crippen LogP contribution is -2.39. The van der Waals surface area contributed by atoms with Gasteiger partial charge >= 0.3 is 0 Å². The first kappa shape index (κ1) is 11.3. The van der Waals surface area contributed by atoms with Crippen molar-refractivity contribution < 1.29 is 4.79 Å². The van der Waals surface area contributed by atoms with E-state index in [0.29, 0.717) is 12.3 Å². The monoisotopic (exact) mass is 195 g/mol. The quantitative estimate of drug-likeness (QED) is 0.663. The molecule has 1 heterocycles. The summed E-state index contributed by atoms with van der Waals surface area (Å²) in [5, 5.41) is 0. The van der Waals surface area contributed by atoms with E-state index >= 15 is 0 Å². The van der Waals surface area contributed by atoms with Crippen molar-refractivity contribution in [3.8, 4) is 0 Å². The summed E-state index contributed by atoms with van der Waals surface area (Å²) < 4.78 is 0. The summed E-state index contributed by atoms with van der Waals surface area (Å²) in [7, 11) is 0. The normalized spacial score (nSPS) is 21.4. The molecule has 0 aromatic rings. The Hall–Kier alpha value is -0.790. The molecule has 1 aliphatic rings. The zero-order valence-corrected chi connectivity index (χ0v) is 9.92. The summed E-state index contributed by atoms with van der Waals surface area (Å²) in [6, 6.07) is 0. The summed E-state index contributed by atoms with van der Waals surface area (Å²) in [6.45, 7) is 11.4. The molecule has 80 valence electrons. The van der Waals surface area contributed by atoms with Gasteiger partial charge in [-0.05, 0) is 18.3 Å². The molecule has 2 nitrogen and oxygen atoms in total. The summed E-state index contributed by atoms with van der Waals surface area (Å²) >= 11 is 0. The second-order valence-corrected chi connectivity index (χ2v) is 5.35. The van der Waals surface area contributed by atoms with Crippen LogP contribution in [0.1, 0.15) is 41.0 Å². The zero-order chi connectivity index (χ0) is 10.9. The first-order chi connectivity index (χ1) is 6.32. The van der Waals surface area contributed by atoms with Gasteiger partial charge < -0.3 is 4.90 Å². The van der Waals surface area contributed by atoms with E-state index in [1.54, 1.807) is 0 Å². The van der Waals surface area contributed by atoms with Crippen LogP contribution in [0.2, 0.25) is 0 Å². The van der Waals surface area contributed by atoms with Crippen LogP contribution >= 0.6 is 0 Å². The van der Waals surface area contributed by atoms with Crippen LogP contribution in [-0.2, 0) is 4.79 Å². The van der Waals surface area contributed by atoms with E-state index in [9.17, 15) is 4.79 Å². The van der Waals surface area contributed by atoms with Crippen molar-refractivity contribution in [1.29, 1.82) is 0 Å². The lowest BCUT2D eigenvalue weighted by atomic mass is 9.84. The highest BCUT2D eigenvalue weighted by atomic mass is 16.2. The van der Waals surface area contributed by atoms with Crippen molar-refractivity contribution in [3.63, 3.8) is 0 Å². The third-order valence-corrected chi connectivity index (χ3v) is 2.48. The Labute approximate surface area is 87.0 Å². The maximum absolute atomic E-state index is 11.8. The maximum atomic E-state index is 11.8. The van der Waals surface area contributed by atoms with Gasteiger partial charge in [0.15, 0.2) is 0 Å². The third-order valence-electron chi connectivity index (χ3n) is 2.48. The van der Waals surface area contributed by atoms with Crippen LogP contribution in [0.3, 0.4) is 0 Å². The molecule has 0 spiro atoms. The molecule has 0 N–H and O–H groups in total. The SMILES string of the molecule is CC1=CC(C)(C)CC(=O)N1CC(C)C. The highest BCUT2D eigenvalue weighted by Gasteiger charge is 2.30. The average molecular weight is 195 g/mol. The molecule has 1 amide bonds. The van der Waals surface area contributed by atoms with Gasteiger partial charge in [-0.2, -0.15) is 0 Å². The van der Waals surface area contributed by atoms with Crippen LogP contribution in [0.4, 0.5) is 0 Å². The molecule has 0 saturated carbocycles. The van der Waals surface area contributed by atoms with E-state index in [1.807, 2.05) is 11.8 Å². The van der Waals surface area contributed by atoms with Gasteiger partial charge in [0, 0.05) is 18.7 Å². The number of carbonyl (C=O) groups is 1. The predicted molar refractivity (Wildman–Crippen MR) is 58.7 cm³/mol. The molecule has 0 unspecified atom stereocenters. The van der Waals surface area contributed by atoms with Crippen LogP contribution in [0.25, 0.3) is 0 Å². The molecule has 0 aromatic carbocycles. The van der Waals surface area contributed by atoms with Gasteiger partial charge in [0.1, 0.15) is 0 Å². The molecule has 0 atom stereocenters. The minimum absolute atomic E-state index is 0.0364. The molecule has 0 radical (unpaired) electrons. The first-order valence-electron chi connectivity index (χ1n) is 5.31. The van der Waals surface area contributed by atoms with Gasteiger partial charge in [0.2, 0.25) is 5.91 Å². The standard InChI is InChI=1S/C12H21NO/c1-9(2)8-13-10(3)6-12(4,5)7-11(13)14/h6,9H,7-8H2,1-5H3. The van der Waals surface area contributed by atoms with Crippen LogP contribution in [0.15, 0.2) is 11.8 Å². The smallest absolute Gasteiger partial charge is 0.227 e. The van der Waals surface area contributed by atoms with Crippen LogP contribution in [-0.4, -0.2) is 17.4 Å². The topological polar surface area (TPSA) is 20.3 Å². The Bertz CT molecular complexity index is 263. The molecule has 0 aromatic heterocycles. The molecule has 1 aliphatic heterocycles. The molecule has 2 heteroatoms. The van der Waals surface area contributed by atoms with Crippen molar-refractivity contribution in [3.05, 3.63) is 11.8 Å². The Kier molecular flexibility index (Phi) is 3.03. The molecule has 0 bridgehead atoms. The number of nitrogens with zero attached hydrogens (tertiary/aromatic N) is 1. The third kappa shape index (κ3) is 2.60. The molecular weight excluding hydrogens is 174 g/mol. The molecule has 1 rings (SSSR count). The fourth-order valence-electron chi connectivity index (χ4n) is 1.99. The van der Waals surface area contributed by atoms with Crippen molar-refractivity contribution >= 4 is 5.91 Å². The highest BCUT2D eigenvalue weighted by Crippen LogP contribution is 2.31. The van der Waals surface area contributed by atoms with Gasteiger partial charge in [0.05, 0.1) is 0 Å². The van der Waals surface area contributed by atoms with Gasteiger partial charge in [-0.3, -0.25) is 4.79 Å². The van der Waals surface area contributed by atoms with E-state index < -0.39 is 0 Å². The highest BCUT2D eigenvalue weighted by molar-refractivity contribution is 5.80. The number of amides is 1. The molecule has 0 aliphatic carbocycles. The summed E-state index contributed by atoms with van der Waals surface area (Å²) in [5.74, 6) is 0.798. The lowest BCUT2D eigenvalue weighted by Gasteiger charge is -2.35. The summed E-state index contributed by atoms with van der Waals surface area (Å²) in [6.07, 6.45) is 2.84. The largest absolute Gasteiger partial charge is 0.317 e. The number of allylic oxidation sites excluding steroid dienone is 2. The van der Waals surface area contributed by atoms with Crippen LogP contribution in [0, 0.1) is 11.3 Å². The minimum atomic E-state index is 0.0364. The van der Waals surface area contributed by atoms with E-state index in [0.717, 1.165) is 12.2 Å². The second-order valence-electron chi connectivity index (χ2n) is 5.35. The number of hydrogen-bond donors (Lipinski definition) is 0. The summed E-state index contributed by atoms with van der Waals surface area (Å²) in [4.78, 5) is 13.8. The molecular formula is C12H21NO. The molecule has 0 saturated heterocycles. The minimum Gasteiger partial charge on any atom is -0.317 e. The molecule has 0 fully saturated rings. The predicted octanol–water partition coefficient (Wildman–Crippen LogP) is 2.80. The second kappa shape index (κ2) is 3.76. The van der Waals surface area contributed by atoms with E-state index in [1.165, 1.54) is 0 Å². The Morgan fingerprint density at radius 3 is 2.50 bits per heavy atom. The Morgan fingerprint density at radius 2 is 2.07 bits per heavy atom.